The number of H-pyrrole nitrogens is 1. The maximum absolute atomic E-state index is 12.1. The molecule has 0 fully saturated rings. The number of aromatic nitrogens is 4. The van der Waals surface area contributed by atoms with Crippen molar-refractivity contribution in [1.82, 2.24) is 19.5 Å². The zero-order valence-corrected chi connectivity index (χ0v) is 13.8. The van der Waals surface area contributed by atoms with Gasteiger partial charge in [0.15, 0.2) is 11.5 Å². The van der Waals surface area contributed by atoms with Crippen LogP contribution in [0.5, 0.6) is 0 Å². The summed E-state index contributed by atoms with van der Waals surface area (Å²) < 4.78 is 1.38. The lowest BCUT2D eigenvalue weighted by molar-refractivity contribution is -0.0802. The van der Waals surface area contributed by atoms with E-state index in [1.54, 1.807) is 18.2 Å². The average molecular weight is 362 g/mol. The third-order valence-electron chi connectivity index (χ3n) is 4.11. The molecule has 0 spiro atoms. The molecule has 1 aromatic rings. The fourth-order valence-corrected chi connectivity index (χ4v) is 2.75. The third kappa shape index (κ3) is 3.22. The fraction of sp³-hybridized carbons (Fsp3) is 0.375. The molecule has 0 saturated heterocycles. The topological polar surface area (TPSA) is 162 Å². The number of hydrogen-bond donors (Lipinski definition) is 5. The van der Waals surface area contributed by atoms with Crippen molar-refractivity contribution in [1.29, 1.82) is 0 Å². The highest BCUT2D eigenvalue weighted by Gasteiger charge is 2.27. The molecule has 0 bridgehead atoms. The Kier molecular flexibility index (Phi) is 4.83. The van der Waals surface area contributed by atoms with E-state index in [1.165, 1.54) is 4.57 Å². The van der Waals surface area contributed by atoms with E-state index in [0.717, 1.165) is 5.56 Å². The molecular weight excluding hydrogens is 344 g/mol. The highest BCUT2D eigenvalue weighted by molar-refractivity contribution is 5.80. The van der Waals surface area contributed by atoms with Gasteiger partial charge in [-0.15, -0.1) is 0 Å². The molecular formula is C16H18N4O6. The van der Waals surface area contributed by atoms with E-state index in [-0.39, 0.29) is 18.1 Å². The van der Waals surface area contributed by atoms with Crippen molar-refractivity contribution >= 4 is 11.0 Å². The molecule has 138 valence electrons. The van der Waals surface area contributed by atoms with Gasteiger partial charge >= 0.3 is 5.69 Å². The summed E-state index contributed by atoms with van der Waals surface area (Å²) in [6.07, 6.45) is -4.67. The second kappa shape index (κ2) is 6.92. The summed E-state index contributed by atoms with van der Waals surface area (Å²) in [7, 11) is 0. The van der Waals surface area contributed by atoms with Crippen LogP contribution in [0, 0.1) is 6.92 Å². The number of rotatable bonds is 5. The molecule has 2 heterocycles. The first-order valence-electron chi connectivity index (χ1n) is 7.88. The van der Waals surface area contributed by atoms with Crippen LogP contribution in [-0.4, -0.2) is 64.9 Å². The quantitative estimate of drug-likeness (QED) is 0.325. The van der Waals surface area contributed by atoms with Gasteiger partial charge in [-0.05, 0) is 24.6 Å². The normalized spacial score (nSPS) is 15.3. The van der Waals surface area contributed by atoms with E-state index in [9.17, 15) is 24.9 Å². The summed E-state index contributed by atoms with van der Waals surface area (Å²) in [5.74, 6) is -0.0557. The van der Waals surface area contributed by atoms with Gasteiger partial charge in [-0.1, -0.05) is 6.07 Å². The van der Waals surface area contributed by atoms with E-state index in [1.807, 2.05) is 11.9 Å². The van der Waals surface area contributed by atoms with Crippen molar-refractivity contribution < 1.29 is 20.4 Å². The molecule has 0 amide bonds. The number of aliphatic hydroxyl groups excluding tert-OH is 4. The van der Waals surface area contributed by atoms with Crippen LogP contribution in [0.4, 0.5) is 0 Å². The Labute approximate surface area is 146 Å². The summed E-state index contributed by atoms with van der Waals surface area (Å²) in [5, 5.41) is 38.6. The van der Waals surface area contributed by atoms with E-state index in [0.29, 0.717) is 11.0 Å². The number of benzene rings is 1. The highest BCUT2D eigenvalue weighted by Crippen LogP contribution is 2.22. The maximum atomic E-state index is 12.1. The third-order valence-corrected chi connectivity index (χ3v) is 4.11. The van der Waals surface area contributed by atoms with E-state index < -0.39 is 36.2 Å². The summed E-state index contributed by atoms with van der Waals surface area (Å²) in [4.78, 5) is 33.8. The van der Waals surface area contributed by atoms with Crippen LogP contribution in [0.3, 0.4) is 0 Å². The van der Waals surface area contributed by atoms with Crippen molar-refractivity contribution in [2.75, 3.05) is 6.61 Å². The van der Waals surface area contributed by atoms with Crippen LogP contribution in [0.1, 0.15) is 5.56 Å². The van der Waals surface area contributed by atoms with Gasteiger partial charge in [0.25, 0.3) is 5.56 Å². The zero-order valence-electron chi connectivity index (χ0n) is 13.8. The van der Waals surface area contributed by atoms with Crippen molar-refractivity contribution in [2.24, 2.45) is 0 Å². The van der Waals surface area contributed by atoms with Crippen LogP contribution in [0.2, 0.25) is 0 Å². The fourth-order valence-electron chi connectivity index (χ4n) is 2.75. The number of aliphatic hydroxyl groups is 4. The first kappa shape index (κ1) is 18.1. The molecule has 1 aromatic carbocycles. The van der Waals surface area contributed by atoms with E-state index in [2.05, 4.69) is 9.97 Å². The minimum Gasteiger partial charge on any atom is -0.394 e. The molecule has 0 aliphatic carbocycles. The standard InChI is InChI=1S/C16H18N4O6/c1-7-2-3-9-8(4-7)17-12-14(18-16(26)19-15(12)25)20(9)5-10(22)13(24)11(23)6-21/h2-4,10-11,13,21-24H,5-6H2,1H3,(H,19,25,26). The monoisotopic (exact) mass is 362 g/mol. The molecule has 3 rings (SSSR count). The van der Waals surface area contributed by atoms with Crippen molar-refractivity contribution in [3.05, 3.63) is 44.6 Å². The van der Waals surface area contributed by atoms with Gasteiger partial charge in [-0.2, -0.15) is 4.98 Å². The van der Waals surface area contributed by atoms with Crippen LogP contribution in [0.15, 0.2) is 27.8 Å². The predicted octanol–water partition coefficient (Wildman–Crippen LogP) is -2.03. The van der Waals surface area contributed by atoms with E-state index in [4.69, 9.17) is 5.11 Å². The molecule has 3 unspecified atom stereocenters. The number of hydrogen-bond acceptors (Lipinski definition) is 8. The van der Waals surface area contributed by atoms with Gasteiger partial charge in [0.05, 0.1) is 24.2 Å². The van der Waals surface area contributed by atoms with Gasteiger partial charge in [-0.3, -0.25) is 9.78 Å². The van der Waals surface area contributed by atoms with Crippen LogP contribution >= 0.6 is 0 Å². The van der Waals surface area contributed by atoms with E-state index >= 15 is 0 Å². The summed E-state index contributed by atoms with van der Waals surface area (Å²) in [5.41, 5.74) is 0.125. The van der Waals surface area contributed by atoms with Gasteiger partial charge in [0, 0.05) is 0 Å². The smallest absolute Gasteiger partial charge is 0.349 e. The first-order valence-corrected chi connectivity index (χ1v) is 7.88. The zero-order chi connectivity index (χ0) is 19.0. The Bertz CT molecular complexity index is 1030. The Balaban J connectivity index is 2.23. The number of aryl methyl sites for hydroxylation is 1. The van der Waals surface area contributed by atoms with Crippen LogP contribution in [0.25, 0.3) is 22.6 Å². The molecule has 0 aromatic heterocycles. The number of nitrogens with zero attached hydrogens (tertiary/aromatic N) is 3. The number of fused-ring (bicyclic) bond motifs is 2. The maximum Gasteiger partial charge on any atom is 0.349 e. The van der Waals surface area contributed by atoms with Crippen molar-refractivity contribution in [3.63, 3.8) is 0 Å². The second-order valence-corrected chi connectivity index (χ2v) is 6.07. The SMILES string of the molecule is Cc1ccc2c(c1)nc1c(=O)[nH]c(=O)nc-1n2CC(O)C(O)C(O)CO. The van der Waals surface area contributed by atoms with Crippen LogP contribution < -0.4 is 11.2 Å². The number of aromatic amines is 1. The minimum absolute atomic E-state index is 0.0557. The minimum atomic E-state index is -1.63. The Morgan fingerprint density at radius 2 is 1.88 bits per heavy atom. The molecule has 0 radical (unpaired) electrons. The Morgan fingerprint density at radius 3 is 2.58 bits per heavy atom. The molecule has 10 nitrogen and oxygen atoms in total. The largest absolute Gasteiger partial charge is 0.394 e. The van der Waals surface area contributed by atoms with Gasteiger partial charge in [-0.25, -0.2) is 9.78 Å². The summed E-state index contributed by atoms with van der Waals surface area (Å²) in [6.45, 7) is 0.824. The highest BCUT2D eigenvalue weighted by atomic mass is 16.4. The predicted molar refractivity (Wildman–Crippen MR) is 90.9 cm³/mol. The lowest BCUT2D eigenvalue weighted by atomic mass is 10.1. The lowest BCUT2D eigenvalue weighted by Crippen LogP contribution is -2.42. The molecule has 5 N–H and O–H groups in total. The second-order valence-electron chi connectivity index (χ2n) is 6.07. The van der Waals surface area contributed by atoms with Crippen molar-refractivity contribution in [3.8, 4) is 11.5 Å². The van der Waals surface area contributed by atoms with Gasteiger partial charge < -0.3 is 25.0 Å². The Hall–Kier alpha value is -2.66. The summed E-state index contributed by atoms with van der Waals surface area (Å²) >= 11 is 0. The molecule has 2 aliphatic heterocycles. The molecule has 0 saturated carbocycles. The van der Waals surface area contributed by atoms with Gasteiger partial charge in [0.2, 0.25) is 0 Å². The molecule has 10 heteroatoms. The average Bonchev–Trinajstić information content (AvgIpc) is 2.60. The van der Waals surface area contributed by atoms with Gasteiger partial charge in [0.1, 0.15) is 18.3 Å². The summed E-state index contributed by atoms with van der Waals surface area (Å²) in [6, 6.07) is 5.19. The first-order chi connectivity index (χ1) is 12.3. The molecule has 2 aliphatic rings. The Morgan fingerprint density at radius 1 is 1.15 bits per heavy atom. The lowest BCUT2D eigenvalue weighted by Gasteiger charge is -2.24. The molecule has 3 atom stereocenters. The van der Waals surface area contributed by atoms with Crippen molar-refractivity contribution in [2.45, 2.75) is 31.8 Å². The van der Waals surface area contributed by atoms with Crippen LogP contribution in [-0.2, 0) is 6.54 Å². The molecule has 26 heavy (non-hydrogen) atoms. The number of nitrogens with one attached hydrogen (secondary N) is 1.